The first-order chi connectivity index (χ1) is 11.1. The molecule has 0 aliphatic carbocycles. The van der Waals surface area contributed by atoms with Gasteiger partial charge in [0.2, 0.25) is 0 Å². The molecule has 4 N–H and O–H groups in total. The molecule has 0 aliphatic heterocycles. The first kappa shape index (κ1) is 16.5. The monoisotopic (exact) mass is 313 g/mol. The largest absolute Gasteiger partial charge is 0.443 e. The highest BCUT2D eigenvalue weighted by atomic mass is 16.6. The average molecular weight is 313 g/mol. The summed E-state index contributed by atoms with van der Waals surface area (Å²) in [5, 5.41) is 0. The Morgan fingerprint density at radius 2 is 1.48 bits per heavy atom. The van der Waals surface area contributed by atoms with Gasteiger partial charge in [-0.05, 0) is 17.5 Å². The lowest BCUT2D eigenvalue weighted by Gasteiger charge is -2.13. The Morgan fingerprint density at radius 3 is 2.09 bits per heavy atom. The Hall–Kier alpha value is -2.86. The molecule has 2 amide bonds. The normalized spacial score (nSPS) is 11.3. The molecule has 0 aliphatic rings. The van der Waals surface area contributed by atoms with Crippen LogP contribution in [-0.2, 0) is 22.6 Å². The third-order valence-corrected chi connectivity index (χ3v) is 3.14. The van der Waals surface area contributed by atoms with Crippen molar-refractivity contribution in [3.63, 3.8) is 0 Å². The highest BCUT2D eigenvalue weighted by Gasteiger charge is 2.15. The predicted molar refractivity (Wildman–Crippen MR) is 86.0 cm³/mol. The van der Waals surface area contributed by atoms with Crippen LogP contribution in [0, 0.1) is 0 Å². The number of hydrogen-bond acceptors (Lipinski definition) is 4. The third kappa shape index (κ3) is 5.80. The number of carbonyl (C=O) groups excluding carboxylic acids is 2. The highest BCUT2D eigenvalue weighted by Crippen LogP contribution is 2.02. The van der Waals surface area contributed by atoms with Crippen molar-refractivity contribution in [2.45, 2.75) is 19.1 Å². The number of rotatable bonds is 5. The van der Waals surface area contributed by atoms with Gasteiger partial charge in [-0.3, -0.25) is 10.2 Å². The van der Waals surface area contributed by atoms with E-state index in [1.807, 2.05) is 60.7 Å². The van der Waals surface area contributed by atoms with E-state index in [4.69, 9.17) is 10.5 Å². The third-order valence-electron chi connectivity index (χ3n) is 3.14. The number of amides is 2. The SMILES string of the molecule is N[C@H](Cc1ccccc1)C(=O)NNC(=O)OCc1ccccc1. The van der Waals surface area contributed by atoms with Gasteiger partial charge in [0.05, 0.1) is 6.04 Å². The summed E-state index contributed by atoms with van der Waals surface area (Å²) in [7, 11) is 0. The Balaban J connectivity index is 1.70. The van der Waals surface area contributed by atoms with Gasteiger partial charge in [-0.1, -0.05) is 60.7 Å². The fourth-order valence-corrected chi connectivity index (χ4v) is 1.93. The van der Waals surface area contributed by atoms with E-state index in [2.05, 4.69) is 10.9 Å². The van der Waals surface area contributed by atoms with Crippen LogP contribution in [0.2, 0.25) is 0 Å². The zero-order valence-corrected chi connectivity index (χ0v) is 12.6. The highest BCUT2D eigenvalue weighted by molar-refractivity contribution is 5.83. The quantitative estimate of drug-likeness (QED) is 0.730. The molecule has 0 saturated heterocycles. The standard InChI is InChI=1S/C17H19N3O3/c18-15(11-13-7-3-1-4-8-13)16(21)19-20-17(22)23-12-14-9-5-2-6-10-14/h1-10,15H,11-12,18H2,(H,19,21)(H,20,22)/t15-/m1/s1. The van der Waals surface area contributed by atoms with Gasteiger partial charge in [0.25, 0.3) is 5.91 Å². The summed E-state index contributed by atoms with van der Waals surface area (Å²) < 4.78 is 4.97. The van der Waals surface area contributed by atoms with Crippen molar-refractivity contribution in [3.8, 4) is 0 Å². The summed E-state index contributed by atoms with van der Waals surface area (Å²) >= 11 is 0. The minimum atomic E-state index is -0.758. The van der Waals surface area contributed by atoms with Gasteiger partial charge in [0.15, 0.2) is 0 Å². The first-order valence-electron chi connectivity index (χ1n) is 7.21. The van der Waals surface area contributed by atoms with Crippen molar-refractivity contribution in [1.82, 2.24) is 10.9 Å². The van der Waals surface area contributed by atoms with E-state index in [1.54, 1.807) is 0 Å². The minimum absolute atomic E-state index is 0.124. The van der Waals surface area contributed by atoms with Crippen molar-refractivity contribution in [2.24, 2.45) is 5.73 Å². The van der Waals surface area contributed by atoms with E-state index >= 15 is 0 Å². The Kier molecular flexibility index (Phi) is 6.14. The summed E-state index contributed by atoms with van der Waals surface area (Å²) in [4.78, 5) is 23.3. The fourth-order valence-electron chi connectivity index (χ4n) is 1.93. The lowest BCUT2D eigenvalue weighted by Crippen LogP contribution is -2.50. The summed E-state index contributed by atoms with van der Waals surface area (Å²) in [6.45, 7) is 0.124. The molecule has 2 aromatic rings. The molecule has 0 heterocycles. The van der Waals surface area contributed by atoms with Crippen molar-refractivity contribution < 1.29 is 14.3 Å². The number of carbonyl (C=O) groups is 2. The maximum absolute atomic E-state index is 11.8. The molecule has 6 nitrogen and oxygen atoms in total. The van der Waals surface area contributed by atoms with E-state index in [1.165, 1.54) is 0 Å². The topological polar surface area (TPSA) is 93.5 Å². The number of hydrazine groups is 1. The second-order valence-corrected chi connectivity index (χ2v) is 4.97. The van der Waals surface area contributed by atoms with Gasteiger partial charge in [-0.15, -0.1) is 0 Å². The Labute approximate surface area is 134 Å². The number of nitrogens with one attached hydrogen (secondary N) is 2. The molecule has 0 saturated carbocycles. The molecule has 0 bridgehead atoms. The van der Waals surface area contributed by atoms with E-state index in [0.717, 1.165) is 11.1 Å². The molecule has 0 unspecified atom stereocenters. The van der Waals surface area contributed by atoms with Crippen LogP contribution >= 0.6 is 0 Å². The van der Waals surface area contributed by atoms with Crippen LogP contribution in [0.4, 0.5) is 4.79 Å². The van der Waals surface area contributed by atoms with Crippen molar-refractivity contribution >= 4 is 12.0 Å². The fraction of sp³-hybridized carbons (Fsp3) is 0.176. The van der Waals surface area contributed by atoms with Crippen LogP contribution in [0.25, 0.3) is 0 Å². The molecule has 0 radical (unpaired) electrons. The van der Waals surface area contributed by atoms with Crippen LogP contribution in [0.1, 0.15) is 11.1 Å². The molecular weight excluding hydrogens is 294 g/mol. The van der Waals surface area contributed by atoms with Gasteiger partial charge in [0.1, 0.15) is 6.61 Å². The summed E-state index contributed by atoms with van der Waals surface area (Å²) in [6, 6.07) is 17.9. The zero-order valence-electron chi connectivity index (χ0n) is 12.6. The molecule has 0 spiro atoms. The second-order valence-electron chi connectivity index (χ2n) is 4.97. The molecule has 0 fully saturated rings. The first-order valence-corrected chi connectivity index (χ1v) is 7.21. The average Bonchev–Trinajstić information content (AvgIpc) is 2.59. The van der Waals surface area contributed by atoms with Crippen LogP contribution in [0.3, 0.4) is 0 Å². The van der Waals surface area contributed by atoms with Gasteiger partial charge in [-0.25, -0.2) is 10.2 Å². The molecule has 0 aromatic heterocycles. The minimum Gasteiger partial charge on any atom is -0.443 e. The molecule has 2 aromatic carbocycles. The van der Waals surface area contributed by atoms with E-state index in [-0.39, 0.29) is 6.61 Å². The van der Waals surface area contributed by atoms with Crippen LogP contribution < -0.4 is 16.6 Å². The van der Waals surface area contributed by atoms with Crippen molar-refractivity contribution in [3.05, 3.63) is 71.8 Å². The maximum Gasteiger partial charge on any atom is 0.426 e. The van der Waals surface area contributed by atoms with E-state index < -0.39 is 18.0 Å². The Morgan fingerprint density at radius 1 is 0.913 bits per heavy atom. The van der Waals surface area contributed by atoms with Crippen molar-refractivity contribution in [1.29, 1.82) is 0 Å². The molecule has 23 heavy (non-hydrogen) atoms. The molecule has 6 heteroatoms. The summed E-state index contributed by atoms with van der Waals surface area (Å²) in [5.74, 6) is -0.481. The van der Waals surface area contributed by atoms with Crippen LogP contribution in [0.5, 0.6) is 0 Å². The van der Waals surface area contributed by atoms with Gasteiger partial charge in [0, 0.05) is 0 Å². The molecule has 120 valence electrons. The summed E-state index contributed by atoms with van der Waals surface area (Å²) in [6.07, 6.45) is -0.359. The van der Waals surface area contributed by atoms with Crippen LogP contribution in [-0.4, -0.2) is 18.0 Å². The van der Waals surface area contributed by atoms with Gasteiger partial charge >= 0.3 is 6.09 Å². The molecule has 2 rings (SSSR count). The van der Waals surface area contributed by atoms with E-state index in [9.17, 15) is 9.59 Å². The van der Waals surface area contributed by atoms with Crippen LogP contribution in [0.15, 0.2) is 60.7 Å². The smallest absolute Gasteiger partial charge is 0.426 e. The predicted octanol–water partition coefficient (Wildman–Crippen LogP) is 1.51. The number of hydrogen-bond donors (Lipinski definition) is 3. The molecular formula is C17H19N3O3. The van der Waals surface area contributed by atoms with E-state index in [0.29, 0.717) is 6.42 Å². The zero-order chi connectivity index (χ0) is 16.5. The van der Waals surface area contributed by atoms with Gasteiger partial charge in [-0.2, -0.15) is 0 Å². The van der Waals surface area contributed by atoms with Crippen molar-refractivity contribution in [2.75, 3.05) is 0 Å². The summed E-state index contributed by atoms with van der Waals surface area (Å²) in [5.41, 5.74) is 12.0. The number of nitrogens with two attached hydrogens (primary N) is 1. The lowest BCUT2D eigenvalue weighted by molar-refractivity contribution is -0.123. The Bertz CT molecular complexity index is 632. The van der Waals surface area contributed by atoms with Gasteiger partial charge < -0.3 is 10.5 Å². The maximum atomic E-state index is 11.8. The second kappa shape index (κ2) is 8.55. The number of benzene rings is 2. The lowest BCUT2D eigenvalue weighted by atomic mass is 10.1. The number of ether oxygens (including phenoxy) is 1. The molecule has 1 atom stereocenters.